The van der Waals surface area contributed by atoms with Crippen LogP contribution in [0.3, 0.4) is 0 Å². The van der Waals surface area contributed by atoms with E-state index in [1.165, 1.54) is 70.3 Å². The van der Waals surface area contributed by atoms with Gasteiger partial charge in [-0.1, -0.05) is 49.7 Å². The molecule has 0 spiro atoms. The number of rotatable bonds is 3. The van der Waals surface area contributed by atoms with Crippen LogP contribution in [-0.2, 0) is 7.05 Å². The van der Waals surface area contributed by atoms with Crippen molar-refractivity contribution in [3.05, 3.63) is 77.0 Å². The molecule has 30 heavy (non-hydrogen) atoms. The maximum Gasteiger partial charge on any atom is 0.213 e. The number of hydrogen-bond donors (Lipinski definition) is 0. The van der Waals surface area contributed by atoms with E-state index < -0.39 is 0 Å². The van der Waals surface area contributed by atoms with Crippen LogP contribution < -0.4 is 4.57 Å². The quantitative estimate of drug-likeness (QED) is 0.403. The predicted octanol–water partition coefficient (Wildman–Crippen LogP) is 7.45. The molecule has 0 atom stereocenters. The van der Waals surface area contributed by atoms with E-state index in [2.05, 4.69) is 101 Å². The minimum atomic E-state index is 0.526. The molecule has 1 heterocycles. The van der Waals surface area contributed by atoms with E-state index >= 15 is 0 Å². The summed E-state index contributed by atoms with van der Waals surface area (Å²) in [4.78, 5) is 0. The second-order valence-corrected chi connectivity index (χ2v) is 10.2. The molecule has 1 aliphatic carbocycles. The summed E-state index contributed by atoms with van der Waals surface area (Å²) in [5.41, 5.74) is 11.3. The van der Waals surface area contributed by atoms with E-state index in [1.54, 1.807) is 0 Å². The van der Waals surface area contributed by atoms with Crippen LogP contribution in [0.15, 0.2) is 54.7 Å². The second kappa shape index (κ2) is 8.02. The van der Waals surface area contributed by atoms with Crippen LogP contribution >= 0.6 is 0 Å². The Balaban J connectivity index is 1.64. The Morgan fingerprint density at radius 2 is 1.50 bits per heavy atom. The van der Waals surface area contributed by atoms with Crippen LogP contribution in [0.5, 0.6) is 0 Å². The zero-order valence-electron chi connectivity index (χ0n) is 19.5. The van der Waals surface area contributed by atoms with E-state index in [-0.39, 0.29) is 0 Å². The van der Waals surface area contributed by atoms with Crippen molar-refractivity contribution >= 4 is 0 Å². The van der Waals surface area contributed by atoms with Crippen molar-refractivity contribution in [2.45, 2.75) is 66.2 Å². The molecule has 0 bridgehead atoms. The van der Waals surface area contributed by atoms with Gasteiger partial charge in [0.2, 0.25) is 5.69 Å². The monoisotopic (exact) mass is 398 g/mol. The van der Waals surface area contributed by atoms with Gasteiger partial charge < -0.3 is 0 Å². The third-order valence-electron chi connectivity index (χ3n) is 7.29. The highest BCUT2D eigenvalue weighted by Crippen LogP contribution is 2.42. The second-order valence-electron chi connectivity index (χ2n) is 10.2. The van der Waals surface area contributed by atoms with Crippen LogP contribution in [-0.4, -0.2) is 0 Å². The standard InChI is InChI=1S/C29H36N/c1-20-17-21(2)22(3)27(18-20)28-19-26(13-16-30(28)6)24-9-7-23(8-10-24)25-11-14-29(4,5)15-12-25/h7-10,13,16-19,25H,11-12,14-15H2,1-6H3/q+1. The number of nitrogens with zero attached hydrogens (tertiary/aromatic N) is 1. The van der Waals surface area contributed by atoms with E-state index in [1.807, 2.05) is 0 Å². The number of benzene rings is 2. The van der Waals surface area contributed by atoms with E-state index in [9.17, 15) is 0 Å². The Labute approximate surface area is 182 Å². The zero-order valence-corrected chi connectivity index (χ0v) is 19.5. The van der Waals surface area contributed by atoms with Crippen molar-refractivity contribution < 1.29 is 4.57 Å². The van der Waals surface area contributed by atoms with Crippen LogP contribution in [0.25, 0.3) is 22.4 Å². The topological polar surface area (TPSA) is 3.88 Å². The van der Waals surface area contributed by atoms with Gasteiger partial charge in [-0.25, -0.2) is 4.57 Å². The maximum absolute atomic E-state index is 2.41. The SMILES string of the molecule is Cc1cc(C)c(C)c(-c2cc(-c3ccc(C4CCC(C)(C)CC4)cc3)cc[n+]2C)c1. The van der Waals surface area contributed by atoms with Crippen molar-refractivity contribution in [3.63, 3.8) is 0 Å². The third-order valence-corrected chi connectivity index (χ3v) is 7.29. The van der Waals surface area contributed by atoms with Gasteiger partial charge in [0.25, 0.3) is 0 Å². The molecule has 1 fully saturated rings. The highest BCUT2D eigenvalue weighted by atomic mass is 14.9. The van der Waals surface area contributed by atoms with Crippen molar-refractivity contribution in [1.29, 1.82) is 0 Å². The molecule has 0 saturated heterocycles. The van der Waals surface area contributed by atoms with E-state index in [4.69, 9.17) is 0 Å². The van der Waals surface area contributed by atoms with Gasteiger partial charge in [-0.2, -0.15) is 0 Å². The van der Waals surface area contributed by atoms with Crippen LogP contribution in [0, 0.1) is 26.2 Å². The normalized spacial score (nSPS) is 16.6. The fraction of sp³-hybridized carbons (Fsp3) is 0.414. The fourth-order valence-corrected chi connectivity index (χ4v) is 5.00. The molecule has 0 amide bonds. The Morgan fingerprint density at radius 1 is 0.833 bits per heavy atom. The summed E-state index contributed by atoms with van der Waals surface area (Å²) in [6, 6.07) is 18.5. The molecule has 1 saturated carbocycles. The number of pyridine rings is 1. The Kier molecular flexibility index (Phi) is 5.57. The number of aryl methyl sites for hydroxylation is 3. The highest BCUT2D eigenvalue weighted by molar-refractivity contribution is 5.71. The lowest BCUT2D eigenvalue weighted by molar-refractivity contribution is -0.660. The minimum Gasteiger partial charge on any atom is -0.201 e. The lowest BCUT2D eigenvalue weighted by atomic mass is 9.71. The first-order chi connectivity index (χ1) is 14.2. The van der Waals surface area contributed by atoms with Gasteiger partial charge in [0, 0.05) is 17.7 Å². The van der Waals surface area contributed by atoms with Gasteiger partial charge in [-0.05, 0) is 91.7 Å². The van der Waals surface area contributed by atoms with Crippen LogP contribution in [0.1, 0.15) is 67.7 Å². The summed E-state index contributed by atoms with van der Waals surface area (Å²) in [6.45, 7) is 11.5. The van der Waals surface area contributed by atoms with Crippen LogP contribution in [0.2, 0.25) is 0 Å². The molecule has 156 valence electrons. The van der Waals surface area contributed by atoms with Crippen molar-refractivity contribution in [3.8, 4) is 22.4 Å². The lowest BCUT2D eigenvalue weighted by Crippen LogP contribution is -2.30. The molecule has 2 aromatic carbocycles. The van der Waals surface area contributed by atoms with Gasteiger partial charge in [0.15, 0.2) is 6.20 Å². The first-order valence-electron chi connectivity index (χ1n) is 11.4. The molecule has 0 radical (unpaired) electrons. The number of aromatic nitrogens is 1. The molecule has 0 N–H and O–H groups in total. The molecular formula is C29H36N+. The van der Waals surface area contributed by atoms with Gasteiger partial charge >= 0.3 is 0 Å². The Bertz CT molecular complexity index is 1050. The molecule has 1 heteroatoms. The molecule has 3 aromatic rings. The zero-order chi connectivity index (χ0) is 21.5. The molecule has 0 unspecified atom stereocenters. The summed E-state index contributed by atoms with van der Waals surface area (Å²) in [7, 11) is 2.14. The van der Waals surface area contributed by atoms with E-state index in [0.717, 1.165) is 5.92 Å². The van der Waals surface area contributed by atoms with Gasteiger partial charge in [-0.15, -0.1) is 0 Å². The van der Waals surface area contributed by atoms with Gasteiger partial charge in [0.1, 0.15) is 7.05 Å². The van der Waals surface area contributed by atoms with E-state index in [0.29, 0.717) is 5.41 Å². The predicted molar refractivity (Wildman–Crippen MR) is 128 cm³/mol. The van der Waals surface area contributed by atoms with Gasteiger partial charge in [0.05, 0.1) is 0 Å². The highest BCUT2D eigenvalue weighted by Gasteiger charge is 2.27. The summed E-state index contributed by atoms with van der Waals surface area (Å²) in [5.74, 6) is 0.731. The van der Waals surface area contributed by atoms with Gasteiger partial charge in [-0.3, -0.25) is 0 Å². The maximum atomic E-state index is 2.41. The number of hydrogen-bond acceptors (Lipinski definition) is 0. The Morgan fingerprint density at radius 3 is 2.17 bits per heavy atom. The summed E-state index contributed by atoms with van der Waals surface area (Å²) < 4.78 is 2.24. The molecular weight excluding hydrogens is 362 g/mol. The summed E-state index contributed by atoms with van der Waals surface area (Å²) >= 11 is 0. The molecule has 1 aliphatic rings. The van der Waals surface area contributed by atoms with Crippen molar-refractivity contribution in [2.24, 2.45) is 12.5 Å². The summed E-state index contributed by atoms with van der Waals surface area (Å²) in [5, 5.41) is 0. The average Bonchev–Trinajstić information content (AvgIpc) is 2.71. The molecule has 1 aromatic heterocycles. The third kappa shape index (κ3) is 4.21. The molecule has 1 nitrogen and oxygen atoms in total. The van der Waals surface area contributed by atoms with Crippen LogP contribution in [0.4, 0.5) is 0 Å². The first kappa shape index (κ1) is 20.8. The lowest BCUT2D eigenvalue weighted by Gasteiger charge is -2.34. The summed E-state index contributed by atoms with van der Waals surface area (Å²) in [6.07, 6.45) is 7.52. The van der Waals surface area contributed by atoms with Crippen molar-refractivity contribution in [1.82, 2.24) is 0 Å². The molecule has 0 aliphatic heterocycles. The average molecular weight is 399 g/mol. The largest absolute Gasteiger partial charge is 0.213 e. The Hall–Kier alpha value is -2.41. The van der Waals surface area contributed by atoms with Crippen molar-refractivity contribution in [2.75, 3.05) is 0 Å². The fourth-order valence-electron chi connectivity index (χ4n) is 5.00. The first-order valence-corrected chi connectivity index (χ1v) is 11.4. The minimum absolute atomic E-state index is 0.526. The smallest absolute Gasteiger partial charge is 0.201 e. The molecule has 4 rings (SSSR count).